The van der Waals surface area contributed by atoms with Crippen LogP contribution in [0.5, 0.6) is 0 Å². The van der Waals surface area contributed by atoms with Gasteiger partial charge in [0, 0.05) is 52.7 Å². The maximum Gasteiger partial charge on any atom is 0.222 e. The lowest BCUT2D eigenvalue weighted by molar-refractivity contribution is -0.121. The van der Waals surface area contributed by atoms with E-state index >= 15 is 0 Å². The zero-order valence-electron chi connectivity index (χ0n) is 14.6. The highest BCUT2D eigenvalue weighted by Gasteiger charge is 2.19. The molecule has 1 saturated heterocycles. The zero-order valence-corrected chi connectivity index (χ0v) is 14.6. The van der Waals surface area contributed by atoms with Crippen molar-refractivity contribution in [2.24, 2.45) is 10.9 Å². The number of aliphatic imine (C=N–C) groups is 1. The molecule has 6 heteroatoms. The lowest BCUT2D eigenvalue weighted by atomic mass is 10.1. The Morgan fingerprint density at radius 2 is 2.12 bits per heavy atom. The van der Waals surface area contributed by atoms with Crippen molar-refractivity contribution < 1.29 is 9.53 Å². The second kappa shape index (κ2) is 9.93. The van der Waals surface area contributed by atoms with Crippen molar-refractivity contribution in [2.75, 3.05) is 40.4 Å². The smallest absolute Gasteiger partial charge is 0.222 e. The Kier molecular flexibility index (Phi) is 7.55. The van der Waals surface area contributed by atoms with Crippen molar-refractivity contribution in [3.8, 4) is 0 Å². The van der Waals surface area contributed by atoms with Gasteiger partial charge in [-0.2, -0.15) is 0 Å². The summed E-state index contributed by atoms with van der Waals surface area (Å²) in [5.41, 5.74) is 1.10. The molecule has 0 radical (unpaired) electrons. The molecule has 1 fully saturated rings. The third-order valence-corrected chi connectivity index (χ3v) is 4.10. The molecule has 6 nitrogen and oxygen atoms in total. The number of nitrogens with zero attached hydrogens (tertiary/aromatic N) is 2. The molecule has 0 aromatic heterocycles. The van der Waals surface area contributed by atoms with Crippen LogP contribution in [-0.2, 0) is 16.1 Å². The summed E-state index contributed by atoms with van der Waals surface area (Å²) in [4.78, 5) is 18.3. The first-order valence-corrected chi connectivity index (χ1v) is 8.49. The molecule has 2 rings (SSSR count). The molecule has 0 spiro atoms. The molecule has 1 atom stereocenters. The summed E-state index contributed by atoms with van der Waals surface area (Å²) in [5, 5.41) is 6.18. The number of nitrogens with one attached hydrogen (secondary N) is 2. The molecule has 1 aromatic carbocycles. The first-order valence-electron chi connectivity index (χ1n) is 8.49. The first kappa shape index (κ1) is 18.3. The van der Waals surface area contributed by atoms with Crippen molar-refractivity contribution >= 4 is 11.9 Å². The van der Waals surface area contributed by atoms with Gasteiger partial charge in [-0.05, 0) is 12.0 Å². The Morgan fingerprint density at radius 1 is 1.33 bits per heavy atom. The second-order valence-corrected chi connectivity index (χ2v) is 6.10. The molecule has 1 amide bonds. The van der Waals surface area contributed by atoms with Crippen molar-refractivity contribution in [1.29, 1.82) is 0 Å². The number of carbonyl (C=O) groups is 1. The highest BCUT2D eigenvalue weighted by Crippen LogP contribution is 2.13. The first-order chi connectivity index (χ1) is 11.7. The largest absolute Gasteiger partial charge is 0.381 e. The van der Waals surface area contributed by atoms with Gasteiger partial charge >= 0.3 is 0 Å². The maximum absolute atomic E-state index is 11.9. The molecule has 1 heterocycles. The predicted octanol–water partition coefficient (Wildman–Crippen LogP) is 1.24. The van der Waals surface area contributed by atoms with Crippen LogP contribution in [0.1, 0.15) is 18.4 Å². The second-order valence-electron chi connectivity index (χ2n) is 6.10. The minimum atomic E-state index is 0.0358. The van der Waals surface area contributed by atoms with Gasteiger partial charge in [0.1, 0.15) is 0 Å². The molecule has 1 aliphatic heterocycles. The fourth-order valence-corrected chi connectivity index (χ4v) is 2.76. The average molecular weight is 332 g/mol. The van der Waals surface area contributed by atoms with Crippen LogP contribution in [0.4, 0.5) is 0 Å². The lowest BCUT2D eigenvalue weighted by Crippen LogP contribution is -2.42. The quantitative estimate of drug-likeness (QED) is 0.582. The molecular weight excluding hydrogens is 304 g/mol. The summed E-state index contributed by atoms with van der Waals surface area (Å²) >= 11 is 0. The molecular formula is C18H28N4O2. The Labute approximate surface area is 144 Å². The Hall–Kier alpha value is -2.08. The van der Waals surface area contributed by atoms with E-state index in [1.807, 2.05) is 37.4 Å². The zero-order chi connectivity index (χ0) is 17.2. The number of ether oxygens (including phenoxy) is 1. The standard InChI is InChI=1S/C18H28N4O2/c1-19-18(22(2)13-16-9-11-24-14-16)20-10-8-17(23)21-12-15-6-4-3-5-7-15/h3-7,16H,8-14H2,1-2H3,(H,19,20)(H,21,23). The highest BCUT2D eigenvalue weighted by atomic mass is 16.5. The molecule has 2 N–H and O–H groups in total. The van der Waals surface area contributed by atoms with E-state index in [1.165, 1.54) is 0 Å². The minimum absolute atomic E-state index is 0.0358. The molecule has 24 heavy (non-hydrogen) atoms. The van der Waals surface area contributed by atoms with E-state index in [0.29, 0.717) is 25.4 Å². The van der Waals surface area contributed by atoms with Gasteiger partial charge in [0.15, 0.2) is 5.96 Å². The van der Waals surface area contributed by atoms with Crippen LogP contribution in [0.3, 0.4) is 0 Å². The summed E-state index contributed by atoms with van der Waals surface area (Å²) < 4.78 is 5.41. The van der Waals surface area contributed by atoms with E-state index in [-0.39, 0.29) is 5.91 Å². The van der Waals surface area contributed by atoms with Gasteiger partial charge in [0.05, 0.1) is 6.61 Å². The fraction of sp³-hybridized carbons (Fsp3) is 0.556. The average Bonchev–Trinajstić information content (AvgIpc) is 3.10. The van der Waals surface area contributed by atoms with E-state index in [9.17, 15) is 4.79 Å². The monoisotopic (exact) mass is 332 g/mol. The summed E-state index contributed by atoms with van der Waals surface area (Å²) in [7, 11) is 3.78. The molecule has 1 unspecified atom stereocenters. The number of rotatable bonds is 7. The van der Waals surface area contributed by atoms with Gasteiger partial charge in [-0.25, -0.2) is 0 Å². The van der Waals surface area contributed by atoms with Gasteiger partial charge in [-0.1, -0.05) is 30.3 Å². The number of amides is 1. The normalized spacial score (nSPS) is 17.6. The third-order valence-electron chi connectivity index (χ3n) is 4.10. The molecule has 1 aromatic rings. The number of carbonyl (C=O) groups excluding carboxylic acids is 1. The fourth-order valence-electron chi connectivity index (χ4n) is 2.76. The van der Waals surface area contributed by atoms with E-state index in [1.54, 1.807) is 7.05 Å². The number of hydrogen-bond acceptors (Lipinski definition) is 3. The van der Waals surface area contributed by atoms with Gasteiger partial charge in [0.2, 0.25) is 5.91 Å². The number of hydrogen-bond donors (Lipinski definition) is 2. The summed E-state index contributed by atoms with van der Waals surface area (Å²) in [5.74, 6) is 1.41. The summed E-state index contributed by atoms with van der Waals surface area (Å²) in [6.07, 6.45) is 1.52. The van der Waals surface area contributed by atoms with Crippen LogP contribution < -0.4 is 10.6 Å². The van der Waals surface area contributed by atoms with Crippen molar-refractivity contribution in [3.63, 3.8) is 0 Å². The molecule has 132 valence electrons. The van der Waals surface area contributed by atoms with Gasteiger partial charge in [-0.15, -0.1) is 0 Å². The van der Waals surface area contributed by atoms with Gasteiger partial charge in [0.25, 0.3) is 0 Å². The van der Waals surface area contributed by atoms with Crippen molar-refractivity contribution in [3.05, 3.63) is 35.9 Å². The van der Waals surface area contributed by atoms with Crippen LogP contribution >= 0.6 is 0 Å². The van der Waals surface area contributed by atoms with Crippen molar-refractivity contribution in [2.45, 2.75) is 19.4 Å². The van der Waals surface area contributed by atoms with E-state index in [2.05, 4.69) is 20.5 Å². The molecule has 0 bridgehead atoms. The van der Waals surface area contributed by atoms with E-state index in [4.69, 9.17) is 4.74 Å². The van der Waals surface area contributed by atoms with Crippen LogP contribution in [0.2, 0.25) is 0 Å². The van der Waals surface area contributed by atoms with Gasteiger partial charge < -0.3 is 20.3 Å². The molecule has 0 aliphatic carbocycles. The Morgan fingerprint density at radius 3 is 2.79 bits per heavy atom. The third kappa shape index (κ3) is 6.20. The number of benzene rings is 1. The molecule has 1 aliphatic rings. The van der Waals surface area contributed by atoms with E-state index in [0.717, 1.165) is 37.7 Å². The maximum atomic E-state index is 11.9. The van der Waals surface area contributed by atoms with E-state index < -0.39 is 0 Å². The van der Waals surface area contributed by atoms with Crippen LogP contribution in [-0.4, -0.2) is 57.2 Å². The van der Waals surface area contributed by atoms with Crippen LogP contribution in [0.25, 0.3) is 0 Å². The predicted molar refractivity (Wildman–Crippen MR) is 95.8 cm³/mol. The van der Waals surface area contributed by atoms with Gasteiger partial charge in [-0.3, -0.25) is 9.79 Å². The Balaban J connectivity index is 1.64. The SMILES string of the molecule is CN=C(NCCC(=O)NCc1ccccc1)N(C)CC1CCOC1. The molecule has 0 saturated carbocycles. The van der Waals surface area contributed by atoms with Crippen molar-refractivity contribution in [1.82, 2.24) is 15.5 Å². The minimum Gasteiger partial charge on any atom is -0.381 e. The van der Waals surface area contributed by atoms with Crippen LogP contribution in [0.15, 0.2) is 35.3 Å². The number of guanidine groups is 1. The highest BCUT2D eigenvalue weighted by molar-refractivity contribution is 5.81. The summed E-state index contributed by atoms with van der Waals surface area (Å²) in [6, 6.07) is 9.91. The topological polar surface area (TPSA) is 66.0 Å². The lowest BCUT2D eigenvalue weighted by Gasteiger charge is -2.24. The summed E-state index contributed by atoms with van der Waals surface area (Å²) in [6.45, 7) is 3.73. The van der Waals surface area contributed by atoms with Crippen LogP contribution in [0, 0.1) is 5.92 Å². The Bertz CT molecular complexity index is 527.